The van der Waals surface area contributed by atoms with Gasteiger partial charge < -0.3 is 9.64 Å². The van der Waals surface area contributed by atoms with Gasteiger partial charge in [-0.1, -0.05) is 75.3 Å². The molecule has 0 aliphatic rings. The van der Waals surface area contributed by atoms with Crippen LogP contribution in [0.15, 0.2) is 18.2 Å². The third-order valence-corrected chi connectivity index (χ3v) is 3.95. The van der Waals surface area contributed by atoms with E-state index in [1.54, 1.807) is 14.2 Å². The monoisotopic (exact) mass is 398 g/mol. The first-order valence-electron chi connectivity index (χ1n) is 11.3. The maximum Gasteiger partial charge on any atom is 0.0838 e. The number of nitrogens with one attached hydrogen (secondary N) is 1. The van der Waals surface area contributed by atoms with Gasteiger partial charge in [0.25, 0.3) is 0 Å². The van der Waals surface area contributed by atoms with E-state index in [9.17, 15) is 0 Å². The van der Waals surface area contributed by atoms with Crippen molar-refractivity contribution in [1.82, 2.24) is 0 Å². The summed E-state index contributed by atoms with van der Waals surface area (Å²) in [4.78, 5) is 7.54. The lowest BCUT2D eigenvalue weighted by molar-refractivity contribution is 0.104. The average Bonchev–Trinajstić information content (AvgIpc) is 2.76. The molecule has 0 fully saturated rings. The van der Waals surface area contributed by atoms with Gasteiger partial charge in [0, 0.05) is 20.2 Å². The van der Waals surface area contributed by atoms with E-state index in [1.807, 2.05) is 41.5 Å². The molecule has 0 aliphatic carbocycles. The zero-order valence-electron chi connectivity index (χ0n) is 21.0. The smallest absolute Gasteiger partial charge is 0.0838 e. The maximum absolute atomic E-state index is 5.58. The molecule has 0 bridgehead atoms. The Labute approximate surface area is 177 Å². The molecule has 0 heterocycles. The van der Waals surface area contributed by atoms with Gasteiger partial charge in [0.05, 0.1) is 24.6 Å². The minimum atomic E-state index is 0.240. The summed E-state index contributed by atoms with van der Waals surface area (Å²) in [7, 11) is 3.44. The Balaban J connectivity index is -0.000000946. The first-order valence-corrected chi connectivity index (χ1v) is 11.3. The molecule has 4 heteroatoms. The Bertz CT molecular complexity index is 433. The van der Waals surface area contributed by atoms with Crippen LogP contribution in [-0.4, -0.2) is 33.4 Å². The number of methoxy groups -OCH3 is 1. The second kappa shape index (κ2) is 22.0. The van der Waals surface area contributed by atoms with Crippen molar-refractivity contribution in [3.05, 3.63) is 23.8 Å². The van der Waals surface area contributed by atoms with Gasteiger partial charge in [-0.25, -0.2) is 0 Å². The van der Waals surface area contributed by atoms with Crippen LogP contribution in [-0.2, 0) is 9.57 Å². The fourth-order valence-electron chi connectivity index (χ4n) is 2.56. The minimum absolute atomic E-state index is 0.240. The molecule has 1 atom stereocenters. The molecule has 0 spiro atoms. The van der Waals surface area contributed by atoms with Crippen LogP contribution in [0.1, 0.15) is 93.6 Å². The normalized spacial score (nSPS) is 10.5. The molecule has 0 saturated heterocycles. The highest BCUT2D eigenvalue weighted by atomic mass is 16.6. The van der Waals surface area contributed by atoms with Gasteiger partial charge in [-0.05, 0) is 36.5 Å². The predicted molar refractivity (Wildman–Crippen MR) is 129 cm³/mol. The quantitative estimate of drug-likeness (QED) is 0.414. The van der Waals surface area contributed by atoms with Gasteiger partial charge >= 0.3 is 0 Å². The number of benzene rings is 1. The average molecular weight is 399 g/mol. The van der Waals surface area contributed by atoms with E-state index >= 15 is 0 Å². The van der Waals surface area contributed by atoms with Crippen molar-refractivity contribution in [1.29, 1.82) is 0 Å². The highest BCUT2D eigenvalue weighted by Gasteiger charge is 2.17. The number of hydrogen-bond acceptors (Lipinski definition) is 4. The summed E-state index contributed by atoms with van der Waals surface area (Å²) in [6, 6.07) is 6.53. The molecule has 0 saturated carbocycles. The van der Waals surface area contributed by atoms with Crippen molar-refractivity contribution in [2.75, 3.05) is 37.7 Å². The zero-order valence-corrected chi connectivity index (χ0v) is 21.0. The van der Waals surface area contributed by atoms with Gasteiger partial charge in [0.2, 0.25) is 0 Å². The summed E-state index contributed by atoms with van der Waals surface area (Å²) in [6.45, 7) is 22.7. The fourth-order valence-corrected chi connectivity index (χ4v) is 2.56. The van der Waals surface area contributed by atoms with Crippen LogP contribution < -0.4 is 10.4 Å². The van der Waals surface area contributed by atoms with E-state index in [2.05, 4.69) is 56.3 Å². The second-order valence-electron chi connectivity index (χ2n) is 5.95. The molecular formula is C24H50N2O2. The lowest BCUT2D eigenvalue weighted by Crippen LogP contribution is -2.34. The molecule has 168 valence electrons. The highest BCUT2D eigenvalue weighted by molar-refractivity contribution is 5.70. The minimum Gasteiger partial charge on any atom is -0.380 e. The van der Waals surface area contributed by atoms with Crippen LogP contribution in [0.3, 0.4) is 0 Å². The van der Waals surface area contributed by atoms with Crippen LogP contribution in [0.25, 0.3) is 0 Å². The Morgan fingerprint density at radius 3 is 1.93 bits per heavy atom. The number of anilines is 2. The lowest BCUT2D eigenvalue weighted by Gasteiger charge is -2.30. The third-order valence-electron chi connectivity index (χ3n) is 3.95. The number of ether oxygens (including phenoxy) is 1. The van der Waals surface area contributed by atoms with E-state index < -0.39 is 0 Å². The number of nitrogens with zero attached hydrogens (tertiary/aromatic N) is 1. The zero-order chi connectivity index (χ0) is 22.5. The third kappa shape index (κ3) is 12.2. The van der Waals surface area contributed by atoms with E-state index in [1.165, 1.54) is 11.3 Å². The summed E-state index contributed by atoms with van der Waals surface area (Å²) < 4.78 is 5.58. The molecular weight excluding hydrogens is 348 g/mol. The highest BCUT2D eigenvalue weighted by Crippen LogP contribution is 2.31. The standard InChI is InChI=1S/C18H32N2O2.3C2H6/c1-7-11-20(13-16(8-2)21-5)18-12-15(14(3)4)9-10-17(18)19-22-6;3*1-2/h9-10,12,14,16,19H,7-8,11,13H2,1-6H3;3*1-2H3. The summed E-state index contributed by atoms with van der Waals surface area (Å²) in [6.07, 6.45) is 2.34. The summed E-state index contributed by atoms with van der Waals surface area (Å²) in [5.74, 6) is 0.503. The van der Waals surface area contributed by atoms with Crippen LogP contribution in [0.4, 0.5) is 11.4 Å². The van der Waals surface area contributed by atoms with Gasteiger partial charge in [0.1, 0.15) is 0 Å². The van der Waals surface area contributed by atoms with E-state index in [4.69, 9.17) is 9.57 Å². The topological polar surface area (TPSA) is 33.7 Å². The van der Waals surface area contributed by atoms with Crippen molar-refractivity contribution in [3.63, 3.8) is 0 Å². The van der Waals surface area contributed by atoms with Crippen LogP contribution in [0, 0.1) is 0 Å². The second-order valence-corrected chi connectivity index (χ2v) is 5.95. The molecule has 1 aromatic rings. The van der Waals surface area contributed by atoms with E-state index in [0.717, 1.165) is 31.6 Å². The first kappa shape index (κ1) is 31.4. The predicted octanol–water partition coefficient (Wildman–Crippen LogP) is 7.50. The summed E-state index contributed by atoms with van der Waals surface area (Å²) in [5.41, 5.74) is 6.54. The van der Waals surface area contributed by atoms with Crippen molar-refractivity contribution in [2.24, 2.45) is 0 Å². The summed E-state index contributed by atoms with van der Waals surface area (Å²) >= 11 is 0. The van der Waals surface area contributed by atoms with Crippen molar-refractivity contribution in [3.8, 4) is 0 Å². The number of hydrogen-bond donors (Lipinski definition) is 1. The number of rotatable bonds is 10. The molecule has 1 aromatic carbocycles. The Morgan fingerprint density at radius 2 is 1.54 bits per heavy atom. The molecule has 1 rings (SSSR count). The Hall–Kier alpha value is -1.26. The molecule has 1 N–H and O–H groups in total. The van der Waals surface area contributed by atoms with Crippen molar-refractivity contribution in [2.45, 2.75) is 94.1 Å². The maximum atomic E-state index is 5.58. The molecule has 1 unspecified atom stereocenters. The summed E-state index contributed by atoms with van der Waals surface area (Å²) in [5, 5.41) is 0. The first-order chi connectivity index (χ1) is 13.6. The fraction of sp³-hybridized carbons (Fsp3) is 0.750. The van der Waals surface area contributed by atoms with Crippen molar-refractivity contribution < 1.29 is 9.57 Å². The van der Waals surface area contributed by atoms with Crippen LogP contribution in [0.2, 0.25) is 0 Å². The van der Waals surface area contributed by atoms with Gasteiger partial charge in [-0.2, -0.15) is 0 Å². The Kier molecular flexibility index (Phi) is 24.7. The van der Waals surface area contributed by atoms with Crippen LogP contribution >= 0.6 is 0 Å². The molecule has 0 aromatic heterocycles. The van der Waals surface area contributed by atoms with Gasteiger partial charge in [0.15, 0.2) is 0 Å². The molecule has 0 radical (unpaired) electrons. The van der Waals surface area contributed by atoms with Crippen LogP contribution in [0.5, 0.6) is 0 Å². The van der Waals surface area contributed by atoms with Crippen molar-refractivity contribution >= 4 is 11.4 Å². The van der Waals surface area contributed by atoms with E-state index in [0.29, 0.717) is 5.92 Å². The molecule has 4 nitrogen and oxygen atoms in total. The Morgan fingerprint density at radius 1 is 0.964 bits per heavy atom. The SMILES string of the molecule is CC.CC.CC.CCCN(CC(CC)OC)c1cc(C(C)C)ccc1NOC. The van der Waals surface area contributed by atoms with E-state index in [-0.39, 0.29) is 6.10 Å². The molecule has 0 amide bonds. The molecule has 0 aliphatic heterocycles. The largest absolute Gasteiger partial charge is 0.380 e. The van der Waals surface area contributed by atoms with Gasteiger partial charge in [-0.15, -0.1) is 0 Å². The lowest BCUT2D eigenvalue weighted by atomic mass is 10.0. The molecule has 28 heavy (non-hydrogen) atoms. The van der Waals surface area contributed by atoms with Gasteiger partial charge in [-0.3, -0.25) is 10.3 Å².